The molecule has 0 aliphatic heterocycles. The maximum Gasteiger partial charge on any atom is 0.131 e. The van der Waals surface area contributed by atoms with Gasteiger partial charge in [-0.15, -0.1) is 0 Å². The monoisotopic (exact) mass is 271 g/mol. The van der Waals surface area contributed by atoms with Gasteiger partial charge in [0.25, 0.3) is 0 Å². The van der Waals surface area contributed by atoms with E-state index in [4.69, 9.17) is 0 Å². The van der Waals surface area contributed by atoms with Crippen molar-refractivity contribution in [3.8, 4) is 11.1 Å². The van der Waals surface area contributed by atoms with Crippen LogP contribution in [0.1, 0.15) is 30.0 Å². The molecule has 2 aromatic carbocycles. The summed E-state index contributed by atoms with van der Waals surface area (Å²) in [6, 6.07) is 11.7. The van der Waals surface area contributed by atoms with E-state index in [0.29, 0.717) is 5.56 Å². The lowest BCUT2D eigenvalue weighted by Gasteiger charge is -2.10. The van der Waals surface area contributed by atoms with Crippen molar-refractivity contribution in [3.63, 3.8) is 0 Å². The molecule has 0 aliphatic rings. The van der Waals surface area contributed by atoms with Crippen LogP contribution in [0.4, 0.5) is 4.39 Å². The predicted octanol–water partition coefficient (Wildman–Crippen LogP) is 4.61. The van der Waals surface area contributed by atoms with Gasteiger partial charge < -0.3 is 5.32 Å². The number of rotatable bonds is 5. The topological polar surface area (TPSA) is 12.0 Å². The van der Waals surface area contributed by atoms with Gasteiger partial charge >= 0.3 is 0 Å². The van der Waals surface area contributed by atoms with E-state index < -0.39 is 0 Å². The van der Waals surface area contributed by atoms with Gasteiger partial charge in [-0.1, -0.05) is 42.8 Å². The van der Waals surface area contributed by atoms with Crippen LogP contribution in [0.3, 0.4) is 0 Å². The Kier molecular flexibility index (Phi) is 4.91. The van der Waals surface area contributed by atoms with E-state index in [1.165, 1.54) is 0 Å². The van der Waals surface area contributed by atoms with Gasteiger partial charge in [-0.2, -0.15) is 0 Å². The van der Waals surface area contributed by atoms with Crippen molar-refractivity contribution in [2.75, 3.05) is 6.54 Å². The lowest BCUT2D eigenvalue weighted by molar-refractivity contribution is 0.622. The SMILES string of the molecule is CCCNCc1ccc(-c2cc(C)ccc2C)c(F)c1. The van der Waals surface area contributed by atoms with Crippen LogP contribution in [0, 0.1) is 19.7 Å². The Balaban J connectivity index is 2.27. The molecule has 1 N–H and O–H groups in total. The average Bonchev–Trinajstić information content (AvgIpc) is 2.42. The minimum Gasteiger partial charge on any atom is -0.313 e. The van der Waals surface area contributed by atoms with E-state index in [1.807, 2.05) is 38.1 Å². The van der Waals surface area contributed by atoms with Gasteiger partial charge in [-0.3, -0.25) is 0 Å². The van der Waals surface area contributed by atoms with E-state index in [9.17, 15) is 4.39 Å². The molecule has 106 valence electrons. The van der Waals surface area contributed by atoms with Crippen LogP contribution < -0.4 is 5.32 Å². The first-order chi connectivity index (χ1) is 9.61. The second-order valence-corrected chi connectivity index (χ2v) is 5.31. The summed E-state index contributed by atoms with van der Waals surface area (Å²) in [5.41, 5.74) is 4.91. The fourth-order valence-electron chi connectivity index (χ4n) is 2.32. The third kappa shape index (κ3) is 3.45. The van der Waals surface area contributed by atoms with Crippen molar-refractivity contribution in [2.24, 2.45) is 0 Å². The molecule has 2 rings (SSSR count). The smallest absolute Gasteiger partial charge is 0.131 e. The molecule has 0 aliphatic carbocycles. The van der Waals surface area contributed by atoms with E-state index in [2.05, 4.69) is 18.3 Å². The van der Waals surface area contributed by atoms with Crippen LogP contribution in [0.2, 0.25) is 0 Å². The van der Waals surface area contributed by atoms with Gasteiger partial charge in [0, 0.05) is 12.1 Å². The van der Waals surface area contributed by atoms with Crippen molar-refractivity contribution in [1.82, 2.24) is 5.32 Å². The molecule has 0 unspecified atom stereocenters. The average molecular weight is 271 g/mol. The fourth-order valence-corrected chi connectivity index (χ4v) is 2.32. The second-order valence-electron chi connectivity index (χ2n) is 5.31. The zero-order chi connectivity index (χ0) is 14.5. The Morgan fingerprint density at radius 3 is 2.50 bits per heavy atom. The Hall–Kier alpha value is -1.67. The molecule has 0 saturated carbocycles. The third-order valence-corrected chi connectivity index (χ3v) is 3.47. The summed E-state index contributed by atoms with van der Waals surface area (Å²) < 4.78 is 14.3. The van der Waals surface area contributed by atoms with Crippen LogP contribution >= 0.6 is 0 Å². The van der Waals surface area contributed by atoms with Crippen molar-refractivity contribution < 1.29 is 4.39 Å². The molecule has 0 spiro atoms. The first-order valence-corrected chi connectivity index (χ1v) is 7.18. The lowest BCUT2D eigenvalue weighted by atomic mass is 9.97. The van der Waals surface area contributed by atoms with Gasteiger partial charge in [0.2, 0.25) is 0 Å². The summed E-state index contributed by atoms with van der Waals surface area (Å²) in [6.07, 6.45) is 1.09. The molecule has 1 nitrogen and oxygen atoms in total. The molecule has 2 heteroatoms. The molecular formula is C18H22FN. The van der Waals surface area contributed by atoms with Gasteiger partial charge in [-0.25, -0.2) is 4.39 Å². The van der Waals surface area contributed by atoms with E-state index in [1.54, 1.807) is 6.07 Å². The van der Waals surface area contributed by atoms with Crippen molar-refractivity contribution in [1.29, 1.82) is 0 Å². The highest BCUT2D eigenvalue weighted by Gasteiger charge is 2.09. The summed E-state index contributed by atoms with van der Waals surface area (Å²) in [5.74, 6) is -0.144. The standard InChI is InChI=1S/C18H22FN/c1-4-9-20-12-15-7-8-16(18(19)11-15)17-10-13(2)5-6-14(17)3/h5-8,10-11,20H,4,9,12H2,1-3H3. The van der Waals surface area contributed by atoms with E-state index >= 15 is 0 Å². The Morgan fingerprint density at radius 2 is 1.80 bits per heavy atom. The van der Waals surface area contributed by atoms with Crippen molar-refractivity contribution >= 4 is 0 Å². The minimum atomic E-state index is -0.144. The molecule has 0 bridgehead atoms. The molecule has 0 radical (unpaired) electrons. The third-order valence-electron chi connectivity index (χ3n) is 3.47. The van der Waals surface area contributed by atoms with Gasteiger partial charge in [0.15, 0.2) is 0 Å². The zero-order valence-corrected chi connectivity index (χ0v) is 12.5. The number of hydrogen-bond donors (Lipinski definition) is 1. The summed E-state index contributed by atoms with van der Waals surface area (Å²) in [7, 11) is 0. The zero-order valence-electron chi connectivity index (χ0n) is 12.5. The number of benzene rings is 2. The molecule has 0 aromatic heterocycles. The number of hydrogen-bond acceptors (Lipinski definition) is 1. The van der Waals surface area contributed by atoms with Crippen LogP contribution in [0.5, 0.6) is 0 Å². The predicted molar refractivity (Wildman–Crippen MR) is 83.3 cm³/mol. The molecule has 0 atom stereocenters. The molecule has 0 saturated heterocycles. The number of nitrogens with one attached hydrogen (secondary N) is 1. The highest BCUT2D eigenvalue weighted by Crippen LogP contribution is 2.27. The Labute approximate surface area is 120 Å². The highest BCUT2D eigenvalue weighted by atomic mass is 19.1. The first kappa shape index (κ1) is 14.7. The molecule has 2 aromatic rings. The quantitative estimate of drug-likeness (QED) is 0.783. The molecule has 0 fully saturated rings. The summed E-state index contributed by atoms with van der Waals surface area (Å²) in [4.78, 5) is 0. The minimum absolute atomic E-state index is 0.144. The Bertz CT molecular complexity index is 590. The summed E-state index contributed by atoms with van der Waals surface area (Å²) in [6.45, 7) is 7.85. The Morgan fingerprint density at radius 1 is 1.00 bits per heavy atom. The van der Waals surface area contributed by atoms with Gasteiger partial charge in [0.05, 0.1) is 0 Å². The van der Waals surface area contributed by atoms with E-state index in [0.717, 1.165) is 41.8 Å². The number of aryl methyl sites for hydroxylation is 2. The van der Waals surface area contributed by atoms with Crippen molar-refractivity contribution in [2.45, 2.75) is 33.7 Å². The molecular weight excluding hydrogens is 249 g/mol. The van der Waals surface area contributed by atoms with Gasteiger partial charge in [-0.05, 0) is 49.6 Å². The van der Waals surface area contributed by atoms with Crippen LogP contribution in [-0.4, -0.2) is 6.54 Å². The van der Waals surface area contributed by atoms with E-state index in [-0.39, 0.29) is 5.82 Å². The van der Waals surface area contributed by atoms with Crippen LogP contribution in [0.25, 0.3) is 11.1 Å². The highest BCUT2D eigenvalue weighted by molar-refractivity contribution is 5.68. The molecule has 0 heterocycles. The maximum absolute atomic E-state index is 14.3. The second kappa shape index (κ2) is 6.67. The first-order valence-electron chi connectivity index (χ1n) is 7.18. The molecule has 20 heavy (non-hydrogen) atoms. The molecule has 0 amide bonds. The van der Waals surface area contributed by atoms with Crippen molar-refractivity contribution in [3.05, 3.63) is 58.9 Å². The fraction of sp³-hybridized carbons (Fsp3) is 0.333. The van der Waals surface area contributed by atoms with Crippen LogP contribution in [-0.2, 0) is 6.54 Å². The summed E-state index contributed by atoms with van der Waals surface area (Å²) in [5, 5.41) is 3.29. The normalized spacial score (nSPS) is 10.8. The number of halogens is 1. The maximum atomic E-state index is 14.3. The lowest BCUT2D eigenvalue weighted by Crippen LogP contribution is -2.13. The van der Waals surface area contributed by atoms with Gasteiger partial charge in [0.1, 0.15) is 5.82 Å². The summed E-state index contributed by atoms with van der Waals surface area (Å²) >= 11 is 0. The van der Waals surface area contributed by atoms with Crippen LogP contribution in [0.15, 0.2) is 36.4 Å². The largest absolute Gasteiger partial charge is 0.313 e.